The van der Waals surface area contributed by atoms with Crippen LogP contribution in [0.15, 0.2) is 65.1 Å². The molecule has 2 aromatic carbocycles. The fraction of sp³-hybridized carbons (Fsp3) is 0.238. The largest absolute Gasteiger partial charge is 0.460 e. The van der Waals surface area contributed by atoms with E-state index in [1.165, 1.54) is 28.0 Å². The van der Waals surface area contributed by atoms with Gasteiger partial charge in [0.15, 0.2) is 0 Å². The first-order chi connectivity index (χ1) is 11.3. The summed E-state index contributed by atoms with van der Waals surface area (Å²) in [6.07, 6.45) is 0.996. The van der Waals surface area contributed by atoms with Gasteiger partial charge in [0.05, 0.1) is 0 Å². The van der Waals surface area contributed by atoms with E-state index >= 15 is 0 Å². The topological polar surface area (TPSA) is 16.4 Å². The van der Waals surface area contributed by atoms with Gasteiger partial charge in [-0.15, -0.1) is 0 Å². The van der Waals surface area contributed by atoms with Gasteiger partial charge in [-0.3, -0.25) is 4.90 Å². The summed E-state index contributed by atoms with van der Waals surface area (Å²) >= 11 is 0. The molecule has 0 unspecified atom stereocenters. The molecule has 1 aromatic heterocycles. The molecule has 3 aromatic rings. The highest BCUT2D eigenvalue weighted by molar-refractivity contribution is 5.63. The Kier molecular flexibility index (Phi) is 3.76. The summed E-state index contributed by atoms with van der Waals surface area (Å²) in [5, 5.41) is 0. The molecular weight excluding hydrogens is 282 g/mol. The summed E-state index contributed by atoms with van der Waals surface area (Å²) < 4.78 is 6.19. The summed E-state index contributed by atoms with van der Waals surface area (Å²) in [6.45, 7) is 5.23. The summed E-state index contributed by atoms with van der Waals surface area (Å²) in [7, 11) is 0. The summed E-state index contributed by atoms with van der Waals surface area (Å²) in [5.41, 5.74) is 5.23. The van der Waals surface area contributed by atoms with Crippen molar-refractivity contribution in [1.82, 2.24) is 4.90 Å². The third-order valence-corrected chi connectivity index (χ3v) is 4.68. The molecule has 0 amide bonds. The van der Waals surface area contributed by atoms with E-state index < -0.39 is 0 Å². The maximum Gasteiger partial charge on any atom is 0.137 e. The zero-order valence-electron chi connectivity index (χ0n) is 13.5. The molecule has 0 saturated heterocycles. The van der Waals surface area contributed by atoms with Crippen molar-refractivity contribution in [2.24, 2.45) is 0 Å². The SMILES string of the molecule is Cc1c(-c2ccccc2)oc2c1CN(Cc1ccccc1)CC2. The molecule has 0 bridgehead atoms. The van der Waals surface area contributed by atoms with Crippen LogP contribution in [0.3, 0.4) is 0 Å². The average Bonchev–Trinajstić information content (AvgIpc) is 2.93. The lowest BCUT2D eigenvalue weighted by Crippen LogP contribution is -2.29. The van der Waals surface area contributed by atoms with Gasteiger partial charge < -0.3 is 4.42 Å². The molecule has 4 rings (SSSR count). The highest BCUT2D eigenvalue weighted by Crippen LogP contribution is 2.34. The number of rotatable bonds is 3. The van der Waals surface area contributed by atoms with E-state index in [1.54, 1.807) is 0 Å². The molecule has 0 saturated carbocycles. The molecule has 0 spiro atoms. The van der Waals surface area contributed by atoms with E-state index in [1.807, 2.05) is 6.07 Å². The Balaban J connectivity index is 1.59. The van der Waals surface area contributed by atoms with Crippen molar-refractivity contribution in [3.05, 3.63) is 83.1 Å². The van der Waals surface area contributed by atoms with Gasteiger partial charge in [0, 0.05) is 42.7 Å². The van der Waals surface area contributed by atoms with Crippen LogP contribution in [0, 0.1) is 6.92 Å². The normalized spacial score (nSPS) is 14.7. The predicted octanol–water partition coefficient (Wildman–Crippen LogP) is 4.81. The molecular formula is C21H21NO. The lowest BCUT2D eigenvalue weighted by Gasteiger charge is -2.26. The Morgan fingerprint density at radius 2 is 1.65 bits per heavy atom. The summed E-state index contributed by atoms with van der Waals surface area (Å²) in [5.74, 6) is 2.21. The molecule has 2 heteroatoms. The Morgan fingerprint density at radius 3 is 2.39 bits per heavy atom. The first-order valence-electron chi connectivity index (χ1n) is 8.24. The molecule has 0 fully saturated rings. The second-order valence-corrected chi connectivity index (χ2v) is 6.27. The number of furan rings is 1. The van der Waals surface area contributed by atoms with Gasteiger partial charge in [0.2, 0.25) is 0 Å². The van der Waals surface area contributed by atoms with E-state index in [4.69, 9.17) is 4.42 Å². The van der Waals surface area contributed by atoms with Crippen LogP contribution in [-0.2, 0) is 19.5 Å². The van der Waals surface area contributed by atoms with Gasteiger partial charge >= 0.3 is 0 Å². The molecule has 0 N–H and O–H groups in total. The van der Waals surface area contributed by atoms with Crippen LogP contribution >= 0.6 is 0 Å². The Labute approximate surface area is 137 Å². The quantitative estimate of drug-likeness (QED) is 0.690. The van der Waals surface area contributed by atoms with Crippen molar-refractivity contribution >= 4 is 0 Å². The van der Waals surface area contributed by atoms with Crippen LogP contribution in [0.4, 0.5) is 0 Å². The molecule has 23 heavy (non-hydrogen) atoms. The van der Waals surface area contributed by atoms with E-state index in [0.29, 0.717) is 0 Å². The second-order valence-electron chi connectivity index (χ2n) is 6.27. The standard InChI is InChI=1S/C21H21NO/c1-16-19-15-22(14-17-8-4-2-5-9-17)13-12-20(19)23-21(16)18-10-6-3-7-11-18/h2-11H,12-15H2,1H3. The molecule has 1 aliphatic heterocycles. The molecule has 2 nitrogen and oxygen atoms in total. The van der Waals surface area contributed by atoms with E-state index in [9.17, 15) is 0 Å². The lowest BCUT2D eigenvalue weighted by atomic mass is 10.0. The molecule has 0 atom stereocenters. The first kappa shape index (κ1) is 14.3. The van der Waals surface area contributed by atoms with E-state index in [2.05, 4.69) is 66.4 Å². The van der Waals surface area contributed by atoms with Crippen LogP contribution in [0.2, 0.25) is 0 Å². The minimum atomic E-state index is 0.979. The smallest absolute Gasteiger partial charge is 0.137 e. The fourth-order valence-electron chi connectivity index (χ4n) is 3.42. The third kappa shape index (κ3) is 2.82. The monoisotopic (exact) mass is 303 g/mol. The second kappa shape index (κ2) is 6.05. The van der Waals surface area contributed by atoms with Crippen LogP contribution < -0.4 is 0 Å². The van der Waals surface area contributed by atoms with Crippen LogP contribution in [0.5, 0.6) is 0 Å². The first-order valence-corrected chi connectivity index (χ1v) is 8.24. The van der Waals surface area contributed by atoms with Crippen molar-refractivity contribution in [3.63, 3.8) is 0 Å². The van der Waals surface area contributed by atoms with Crippen molar-refractivity contribution in [3.8, 4) is 11.3 Å². The summed E-state index contributed by atoms with van der Waals surface area (Å²) in [4.78, 5) is 2.51. The molecule has 0 radical (unpaired) electrons. The highest BCUT2D eigenvalue weighted by atomic mass is 16.3. The number of fused-ring (bicyclic) bond motifs is 1. The van der Waals surface area contributed by atoms with Crippen LogP contribution in [-0.4, -0.2) is 11.4 Å². The van der Waals surface area contributed by atoms with Crippen LogP contribution in [0.1, 0.15) is 22.5 Å². The molecule has 1 aliphatic rings. The number of nitrogens with zero attached hydrogens (tertiary/aromatic N) is 1. The Hall–Kier alpha value is -2.32. The molecule has 116 valence electrons. The van der Waals surface area contributed by atoms with E-state index in [0.717, 1.165) is 31.8 Å². The fourth-order valence-corrected chi connectivity index (χ4v) is 3.42. The van der Waals surface area contributed by atoms with E-state index in [-0.39, 0.29) is 0 Å². The van der Waals surface area contributed by atoms with Crippen molar-refractivity contribution < 1.29 is 4.42 Å². The zero-order chi connectivity index (χ0) is 15.6. The van der Waals surface area contributed by atoms with Crippen LogP contribution in [0.25, 0.3) is 11.3 Å². The van der Waals surface area contributed by atoms with Gasteiger partial charge in [-0.05, 0) is 12.5 Å². The minimum absolute atomic E-state index is 0.979. The maximum absolute atomic E-state index is 6.19. The minimum Gasteiger partial charge on any atom is -0.460 e. The Morgan fingerprint density at radius 1 is 0.957 bits per heavy atom. The van der Waals surface area contributed by atoms with Gasteiger partial charge in [-0.2, -0.15) is 0 Å². The summed E-state index contributed by atoms with van der Waals surface area (Å²) in [6, 6.07) is 21.1. The predicted molar refractivity (Wildman–Crippen MR) is 93.1 cm³/mol. The van der Waals surface area contributed by atoms with Crippen molar-refractivity contribution in [2.45, 2.75) is 26.4 Å². The van der Waals surface area contributed by atoms with Crippen molar-refractivity contribution in [2.75, 3.05) is 6.54 Å². The molecule has 2 heterocycles. The zero-order valence-corrected chi connectivity index (χ0v) is 13.5. The third-order valence-electron chi connectivity index (χ3n) is 4.68. The van der Waals surface area contributed by atoms with Gasteiger partial charge in [0.25, 0.3) is 0 Å². The number of benzene rings is 2. The van der Waals surface area contributed by atoms with Gasteiger partial charge in [-0.1, -0.05) is 60.7 Å². The van der Waals surface area contributed by atoms with Gasteiger partial charge in [0.1, 0.15) is 11.5 Å². The number of hydrogen-bond acceptors (Lipinski definition) is 2. The number of hydrogen-bond donors (Lipinski definition) is 0. The maximum atomic E-state index is 6.19. The Bertz CT molecular complexity index is 789. The highest BCUT2D eigenvalue weighted by Gasteiger charge is 2.24. The van der Waals surface area contributed by atoms with Gasteiger partial charge in [-0.25, -0.2) is 0 Å². The van der Waals surface area contributed by atoms with Crippen molar-refractivity contribution in [1.29, 1.82) is 0 Å². The molecule has 0 aliphatic carbocycles. The average molecular weight is 303 g/mol. The lowest BCUT2D eigenvalue weighted by molar-refractivity contribution is 0.234.